The summed E-state index contributed by atoms with van der Waals surface area (Å²) < 4.78 is 0. The molecule has 0 aliphatic heterocycles. The Balaban J connectivity index is 2.43. The van der Waals surface area contributed by atoms with Crippen molar-refractivity contribution in [3.05, 3.63) is 63.0 Å². The number of halogens is 1. The van der Waals surface area contributed by atoms with Crippen LogP contribution in [0.3, 0.4) is 0 Å². The second-order valence-corrected chi connectivity index (χ2v) is 5.50. The molecule has 1 heteroatoms. The third kappa shape index (κ3) is 2.33. The summed E-state index contributed by atoms with van der Waals surface area (Å²) in [5, 5.41) is 3.32. The highest BCUT2D eigenvalue weighted by molar-refractivity contribution is 6.31. The second kappa shape index (κ2) is 5.22. The monoisotopic (exact) mass is 268 g/mol. The fraction of sp³-hybridized carbons (Fsp3) is 0.222. The minimum atomic E-state index is 0.420. The lowest BCUT2D eigenvalue weighted by molar-refractivity contribution is 0.947. The van der Waals surface area contributed by atoms with Crippen molar-refractivity contribution in [2.45, 2.75) is 25.7 Å². The van der Waals surface area contributed by atoms with E-state index in [1.54, 1.807) is 0 Å². The summed E-state index contributed by atoms with van der Waals surface area (Å²) in [6, 6.07) is 2.09. The number of hydrogen-bond donors (Lipinski definition) is 0. The Morgan fingerprint density at radius 3 is 2.89 bits per heavy atom. The topological polar surface area (TPSA) is 0 Å². The summed E-state index contributed by atoms with van der Waals surface area (Å²) in [5.74, 6) is 0.420. The van der Waals surface area contributed by atoms with Crippen molar-refractivity contribution in [2.24, 2.45) is 0 Å². The average molecular weight is 269 g/mol. The molecular weight excluding hydrogens is 252 g/mol. The molecule has 0 fully saturated rings. The Kier molecular flexibility index (Phi) is 3.44. The van der Waals surface area contributed by atoms with E-state index in [9.17, 15) is 0 Å². The third-order valence-corrected chi connectivity index (χ3v) is 4.07. The van der Waals surface area contributed by atoms with Crippen molar-refractivity contribution in [3.63, 3.8) is 0 Å². The maximum atomic E-state index is 6.47. The van der Waals surface area contributed by atoms with Gasteiger partial charge in [0.2, 0.25) is 0 Å². The fourth-order valence-corrected chi connectivity index (χ4v) is 3.11. The van der Waals surface area contributed by atoms with Crippen LogP contribution >= 0.6 is 11.6 Å². The summed E-state index contributed by atoms with van der Waals surface area (Å²) in [6.07, 6.45) is 19.6. The van der Waals surface area contributed by atoms with Gasteiger partial charge in [0.15, 0.2) is 0 Å². The zero-order valence-corrected chi connectivity index (χ0v) is 11.8. The molecule has 1 unspecified atom stereocenters. The minimum Gasteiger partial charge on any atom is -0.0842 e. The molecule has 1 aromatic rings. The molecule has 2 aliphatic rings. The lowest BCUT2D eigenvalue weighted by Crippen LogP contribution is -2.31. The van der Waals surface area contributed by atoms with Gasteiger partial charge in [-0.3, -0.25) is 0 Å². The Bertz CT molecular complexity index is 702. The van der Waals surface area contributed by atoms with E-state index in [0.29, 0.717) is 5.92 Å². The van der Waals surface area contributed by atoms with Gasteiger partial charge in [0, 0.05) is 16.2 Å². The van der Waals surface area contributed by atoms with Crippen LogP contribution in [0.15, 0.2) is 36.4 Å². The van der Waals surface area contributed by atoms with Crippen LogP contribution in [0, 0.1) is 0 Å². The smallest absolute Gasteiger partial charge is 0.0490 e. The first-order valence-electron chi connectivity index (χ1n) is 6.81. The molecule has 3 rings (SSSR count). The molecular formula is C18H17Cl. The first-order valence-corrected chi connectivity index (χ1v) is 7.19. The summed E-state index contributed by atoms with van der Waals surface area (Å²) in [4.78, 5) is 0. The highest BCUT2D eigenvalue weighted by atomic mass is 35.5. The number of hydrogen-bond acceptors (Lipinski definition) is 0. The van der Waals surface area contributed by atoms with Gasteiger partial charge in [-0.1, -0.05) is 67.1 Å². The molecule has 19 heavy (non-hydrogen) atoms. The molecule has 1 aromatic carbocycles. The average Bonchev–Trinajstić information content (AvgIpc) is 2.52. The van der Waals surface area contributed by atoms with Gasteiger partial charge in [-0.05, 0) is 35.3 Å². The van der Waals surface area contributed by atoms with Crippen molar-refractivity contribution in [3.8, 4) is 0 Å². The van der Waals surface area contributed by atoms with Gasteiger partial charge in [0.25, 0.3) is 0 Å². The van der Waals surface area contributed by atoms with Crippen molar-refractivity contribution in [1.82, 2.24) is 0 Å². The molecule has 0 amide bonds. The number of allylic oxidation sites excluding steroid dienone is 5. The quantitative estimate of drug-likeness (QED) is 0.669. The van der Waals surface area contributed by atoms with Crippen LogP contribution in [0.2, 0.25) is 5.02 Å². The summed E-state index contributed by atoms with van der Waals surface area (Å²) in [5.41, 5.74) is 2.64. The van der Waals surface area contributed by atoms with E-state index in [1.165, 1.54) is 16.3 Å². The van der Waals surface area contributed by atoms with Gasteiger partial charge >= 0.3 is 0 Å². The lowest BCUT2D eigenvalue weighted by Gasteiger charge is -2.14. The Hall–Kier alpha value is -1.53. The molecule has 0 radical (unpaired) electrons. The van der Waals surface area contributed by atoms with Crippen LogP contribution in [-0.4, -0.2) is 0 Å². The minimum absolute atomic E-state index is 0.420. The normalized spacial score (nSPS) is 25.7. The first kappa shape index (κ1) is 12.5. The Labute approximate surface area is 119 Å². The van der Waals surface area contributed by atoms with Gasteiger partial charge in [0.05, 0.1) is 0 Å². The third-order valence-electron chi connectivity index (χ3n) is 3.75. The fourth-order valence-electron chi connectivity index (χ4n) is 2.83. The van der Waals surface area contributed by atoms with E-state index in [0.717, 1.165) is 23.1 Å². The summed E-state index contributed by atoms with van der Waals surface area (Å²) in [6.45, 7) is 2.25. The highest BCUT2D eigenvalue weighted by Gasteiger charge is 2.13. The van der Waals surface area contributed by atoms with Crippen LogP contribution in [-0.2, 0) is 0 Å². The van der Waals surface area contributed by atoms with E-state index in [2.05, 4.69) is 61.6 Å². The van der Waals surface area contributed by atoms with Gasteiger partial charge in [-0.25, -0.2) is 0 Å². The predicted molar refractivity (Wildman–Crippen MR) is 84.6 cm³/mol. The molecule has 96 valence electrons. The van der Waals surface area contributed by atoms with Crippen molar-refractivity contribution in [1.29, 1.82) is 0 Å². The molecule has 0 N–H and O–H groups in total. The van der Waals surface area contributed by atoms with E-state index >= 15 is 0 Å². The van der Waals surface area contributed by atoms with Crippen molar-refractivity contribution < 1.29 is 0 Å². The highest BCUT2D eigenvalue weighted by Crippen LogP contribution is 2.23. The van der Waals surface area contributed by atoms with Crippen LogP contribution < -0.4 is 10.4 Å². The largest absolute Gasteiger partial charge is 0.0842 e. The second-order valence-electron chi connectivity index (χ2n) is 5.10. The zero-order valence-electron chi connectivity index (χ0n) is 11.1. The zero-order chi connectivity index (χ0) is 13.2. The van der Waals surface area contributed by atoms with Crippen molar-refractivity contribution >= 4 is 29.8 Å². The Morgan fingerprint density at radius 2 is 2.00 bits per heavy atom. The van der Waals surface area contributed by atoms with E-state index in [-0.39, 0.29) is 0 Å². The SMILES string of the molecule is CC1C=CC=Cc2cc(Cl)c3/c(c21)=C\CC\C=C\C=3. The summed E-state index contributed by atoms with van der Waals surface area (Å²) in [7, 11) is 0. The standard InChI is InChI=1S/C18H17Cl/c1-13-8-6-7-9-14-12-17(19)15-10-4-2-3-5-11-16(15)18(13)14/h2,4,6-13H,3,5H2,1H3/b4-2+,15-10+,16-11+. The van der Waals surface area contributed by atoms with Crippen LogP contribution in [0.5, 0.6) is 0 Å². The molecule has 0 saturated carbocycles. The molecule has 0 saturated heterocycles. The van der Waals surface area contributed by atoms with Gasteiger partial charge in [0.1, 0.15) is 0 Å². The van der Waals surface area contributed by atoms with E-state index in [1.807, 2.05) is 0 Å². The maximum Gasteiger partial charge on any atom is 0.0490 e. The first-order chi connectivity index (χ1) is 9.27. The number of rotatable bonds is 0. The molecule has 0 nitrogen and oxygen atoms in total. The van der Waals surface area contributed by atoms with Crippen LogP contribution in [0.25, 0.3) is 18.2 Å². The molecule has 2 aliphatic carbocycles. The van der Waals surface area contributed by atoms with Gasteiger partial charge < -0.3 is 0 Å². The molecule has 0 spiro atoms. The van der Waals surface area contributed by atoms with Gasteiger partial charge in [-0.2, -0.15) is 0 Å². The van der Waals surface area contributed by atoms with E-state index in [4.69, 9.17) is 11.6 Å². The van der Waals surface area contributed by atoms with E-state index < -0.39 is 0 Å². The Morgan fingerprint density at radius 1 is 1.11 bits per heavy atom. The van der Waals surface area contributed by atoms with Gasteiger partial charge in [-0.15, -0.1) is 0 Å². The van der Waals surface area contributed by atoms with Crippen LogP contribution in [0.1, 0.15) is 36.8 Å². The molecule has 0 aromatic heterocycles. The van der Waals surface area contributed by atoms with Crippen LogP contribution in [0.4, 0.5) is 0 Å². The number of fused-ring (bicyclic) bond motifs is 3. The summed E-state index contributed by atoms with van der Waals surface area (Å²) >= 11 is 6.47. The molecule has 1 atom stereocenters. The predicted octanol–water partition coefficient (Wildman–Crippen LogP) is 3.94. The molecule has 0 heterocycles. The maximum absolute atomic E-state index is 6.47. The lowest BCUT2D eigenvalue weighted by atomic mass is 9.92. The molecule has 0 bridgehead atoms. The van der Waals surface area contributed by atoms with Crippen molar-refractivity contribution in [2.75, 3.05) is 0 Å². The number of benzene rings is 1.